The molecule has 3 N–H and O–H groups in total. The van der Waals surface area contributed by atoms with E-state index in [0.717, 1.165) is 51.7 Å². The summed E-state index contributed by atoms with van der Waals surface area (Å²) in [5, 5.41) is 17.2. The molecule has 1 heterocycles. The maximum Gasteiger partial charge on any atom is 0.129 e. The largest absolute Gasteiger partial charge is 0.394 e. The SMILES string of the molecule is CC=CC1C(C)C(=NOCCN)CC2CC[C@@H]3[C@@H](CC[C@]4(C)C(OCCN5CCCC5)CC[C@@]34O)[C@]21C. The van der Waals surface area contributed by atoms with E-state index in [4.69, 9.17) is 15.3 Å². The lowest BCUT2D eigenvalue weighted by atomic mass is 9.40. The minimum absolute atomic E-state index is 0.137. The monoisotopic (exact) mass is 515 g/mol. The molecule has 6 nitrogen and oxygen atoms in total. The molecule has 1 aliphatic heterocycles. The first kappa shape index (κ1) is 27.6. The van der Waals surface area contributed by atoms with Crippen molar-refractivity contribution in [2.75, 3.05) is 39.4 Å². The Hall–Kier alpha value is -0.950. The van der Waals surface area contributed by atoms with Crippen LogP contribution in [0.15, 0.2) is 17.3 Å². The molecule has 1 saturated heterocycles. The summed E-state index contributed by atoms with van der Waals surface area (Å²) in [4.78, 5) is 8.12. The third kappa shape index (κ3) is 4.52. The summed E-state index contributed by atoms with van der Waals surface area (Å²) in [5.74, 6) is 2.20. The number of allylic oxidation sites excluding steroid dienone is 2. The molecule has 0 radical (unpaired) electrons. The summed E-state index contributed by atoms with van der Waals surface area (Å²) in [6.45, 7) is 14.6. The second-order valence-electron chi connectivity index (χ2n) is 13.4. The van der Waals surface area contributed by atoms with Gasteiger partial charge in [0.1, 0.15) is 6.61 Å². The number of ether oxygens (including phenoxy) is 1. The summed E-state index contributed by atoms with van der Waals surface area (Å²) in [7, 11) is 0. The molecule has 0 amide bonds. The van der Waals surface area contributed by atoms with E-state index >= 15 is 0 Å². The molecule has 0 bridgehead atoms. The summed E-state index contributed by atoms with van der Waals surface area (Å²) in [6, 6.07) is 0. The predicted octanol–water partition coefficient (Wildman–Crippen LogP) is 5.00. The number of rotatable bonds is 8. The predicted molar refractivity (Wildman–Crippen MR) is 149 cm³/mol. The number of hydrogen-bond donors (Lipinski definition) is 2. The lowest BCUT2D eigenvalue weighted by Gasteiger charge is -2.65. The van der Waals surface area contributed by atoms with Gasteiger partial charge >= 0.3 is 0 Å². The van der Waals surface area contributed by atoms with Crippen molar-refractivity contribution in [2.24, 2.45) is 51.3 Å². The summed E-state index contributed by atoms with van der Waals surface area (Å²) in [6.07, 6.45) is 14.9. The zero-order valence-corrected chi connectivity index (χ0v) is 24.0. The van der Waals surface area contributed by atoms with Gasteiger partial charge in [-0.3, -0.25) is 0 Å². The Balaban J connectivity index is 1.35. The second kappa shape index (κ2) is 10.9. The molecule has 5 rings (SSSR count). The Labute approximate surface area is 225 Å². The van der Waals surface area contributed by atoms with Crippen LogP contribution in [-0.2, 0) is 9.57 Å². The van der Waals surface area contributed by atoms with Gasteiger partial charge in [0.15, 0.2) is 0 Å². The molecule has 37 heavy (non-hydrogen) atoms. The molecule has 5 aliphatic rings. The Bertz CT molecular complexity index is 857. The lowest BCUT2D eigenvalue weighted by molar-refractivity contribution is -0.222. The summed E-state index contributed by atoms with van der Waals surface area (Å²) >= 11 is 0. The molecule has 0 aromatic carbocycles. The van der Waals surface area contributed by atoms with Crippen LogP contribution < -0.4 is 5.73 Å². The molecular weight excluding hydrogens is 462 g/mol. The van der Waals surface area contributed by atoms with Crippen molar-refractivity contribution in [3.8, 4) is 0 Å². The van der Waals surface area contributed by atoms with E-state index in [9.17, 15) is 5.11 Å². The average molecular weight is 516 g/mol. The average Bonchev–Trinajstić information content (AvgIpc) is 3.49. The molecule has 6 heteroatoms. The molecule has 0 aromatic heterocycles. The molecule has 4 saturated carbocycles. The number of oxime groups is 1. The van der Waals surface area contributed by atoms with Gasteiger partial charge in [0, 0.05) is 24.4 Å². The van der Waals surface area contributed by atoms with E-state index in [1.807, 2.05) is 0 Å². The number of hydrogen-bond acceptors (Lipinski definition) is 6. The first-order chi connectivity index (χ1) is 17.8. The Morgan fingerprint density at radius 3 is 2.59 bits per heavy atom. The van der Waals surface area contributed by atoms with Crippen LogP contribution in [-0.4, -0.2) is 66.8 Å². The maximum atomic E-state index is 12.6. The van der Waals surface area contributed by atoms with Gasteiger partial charge in [-0.05, 0) is 107 Å². The van der Waals surface area contributed by atoms with Crippen LogP contribution in [0.4, 0.5) is 0 Å². The van der Waals surface area contributed by atoms with Crippen LogP contribution in [0.2, 0.25) is 0 Å². The van der Waals surface area contributed by atoms with Gasteiger partial charge in [-0.15, -0.1) is 0 Å². The maximum absolute atomic E-state index is 12.6. The lowest BCUT2D eigenvalue weighted by Crippen LogP contribution is -2.65. The number of fused-ring (bicyclic) bond motifs is 5. The van der Waals surface area contributed by atoms with E-state index in [1.54, 1.807) is 0 Å². The third-order valence-electron chi connectivity index (χ3n) is 12.0. The fraction of sp³-hybridized carbons (Fsp3) is 0.903. The van der Waals surface area contributed by atoms with Crippen LogP contribution in [0.25, 0.3) is 0 Å². The van der Waals surface area contributed by atoms with Crippen molar-refractivity contribution in [3.05, 3.63) is 12.2 Å². The second-order valence-corrected chi connectivity index (χ2v) is 13.4. The molecule has 9 atom stereocenters. The first-order valence-corrected chi connectivity index (χ1v) is 15.4. The number of likely N-dealkylation sites (tertiary alicyclic amines) is 1. The molecule has 4 unspecified atom stereocenters. The summed E-state index contributed by atoms with van der Waals surface area (Å²) in [5.41, 5.74) is 6.25. The van der Waals surface area contributed by atoms with Crippen LogP contribution in [0.1, 0.15) is 85.5 Å². The molecule has 4 aliphatic carbocycles. The highest BCUT2D eigenvalue weighted by molar-refractivity contribution is 5.88. The van der Waals surface area contributed by atoms with Crippen molar-refractivity contribution < 1.29 is 14.7 Å². The molecule has 0 spiro atoms. The van der Waals surface area contributed by atoms with Gasteiger partial charge in [-0.1, -0.05) is 38.1 Å². The zero-order chi connectivity index (χ0) is 26.3. The number of nitrogens with zero attached hydrogens (tertiary/aromatic N) is 2. The highest BCUT2D eigenvalue weighted by Crippen LogP contribution is 2.69. The Morgan fingerprint density at radius 2 is 1.86 bits per heavy atom. The van der Waals surface area contributed by atoms with Crippen molar-refractivity contribution in [1.29, 1.82) is 0 Å². The third-order valence-corrected chi connectivity index (χ3v) is 12.0. The Morgan fingerprint density at radius 1 is 1.08 bits per heavy atom. The van der Waals surface area contributed by atoms with Crippen molar-refractivity contribution in [1.82, 2.24) is 4.90 Å². The van der Waals surface area contributed by atoms with Crippen LogP contribution >= 0.6 is 0 Å². The molecular formula is C31H53N3O3. The van der Waals surface area contributed by atoms with E-state index in [1.165, 1.54) is 38.1 Å². The minimum atomic E-state index is -0.621. The normalized spacial score (nSPS) is 47.2. The van der Waals surface area contributed by atoms with Gasteiger partial charge in [0.05, 0.1) is 24.0 Å². The molecule has 210 valence electrons. The smallest absolute Gasteiger partial charge is 0.129 e. The van der Waals surface area contributed by atoms with Crippen molar-refractivity contribution in [3.63, 3.8) is 0 Å². The van der Waals surface area contributed by atoms with Gasteiger partial charge < -0.3 is 25.3 Å². The first-order valence-electron chi connectivity index (χ1n) is 15.4. The van der Waals surface area contributed by atoms with Gasteiger partial charge in [0.2, 0.25) is 0 Å². The topological polar surface area (TPSA) is 80.3 Å². The highest BCUT2D eigenvalue weighted by Gasteiger charge is 2.69. The van der Waals surface area contributed by atoms with Gasteiger partial charge in [0.25, 0.3) is 0 Å². The van der Waals surface area contributed by atoms with Crippen molar-refractivity contribution >= 4 is 5.71 Å². The van der Waals surface area contributed by atoms with E-state index in [2.05, 4.69) is 49.9 Å². The molecule has 0 aromatic rings. The standard InChI is InChI=1S/C31H53N3O3/c1-5-8-24-22(2)27(33-37-19-15-32)21-23-9-10-26-25(30(23,24)4)11-13-29(3)28(12-14-31(26,29)35)36-20-18-34-16-6-7-17-34/h5,8,22-26,28,35H,6-7,9-21,32H2,1-4H3/t22?,23?,24?,25-,26-,28?,29-,30-,31-/m1/s1. The fourth-order valence-electron chi connectivity index (χ4n) is 9.89. The fourth-order valence-corrected chi connectivity index (χ4v) is 9.89. The quantitative estimate of drug-likeness (QED) is 0.270. The molecule has 5 fully saturated rings. The Kier molecular flexibility index (Phi) is 8.14. The van der Waals surface area contributed by atoms with E-state index in [0.29, 0.717) is 42.7 Å². The van der Waals surface area contributed by atoms with Crippen LogP contribution in [0.5, 0.6) is 0 Å². The number of aliphatic hydroxyl groups is 1. The van der Waals surface area contributed by atoms with Gasteiger partial charge in [-0.2, -0.15) is 0 Å². The highest BCUT2D eigenvalue weighted by atomic mass is 16.6. The van der Waals surface area contributed by atoms with E-state index in [-0.39, 0.29) is 16.9 Å². The van der Waals surface area contributed by atoms with Crippen LogP contribution in [0.3, 0.4) is 0 Å². The number of nitrogens with two attached hydrogens (primary N) is 1. The van der Waals surface area contributed by atoms with Crippen LogP contribution in [0, 0.1) is 40.4 Å². The summed E-state index contributed by atoms with van der Waals surface area (Å²) < 4.78 is 6.60. The van der Waals surface area contributed by atoms with Crippen molar-refractivity contribution in [2.45, 2.75) is 97.2 Å². The zero-order valence-electron chi connectivity index (χ0n) is 24.0. The minimum Gasteiger partial charge on any atom is -0.394 e. The van der Waals surface area contributed by atoms with E-state index < -0.39 is 5.60 Å². The van der Waals surface area contributed by atoms with Gasteiger partial charge in [-0.25, -0.2) is 0 Å².